The number of amides is 1. The van der Waals surface area contributed by atoms with Crippen molar-refractivity contribution < 1.29 is 21.6 Å². The lowest BCUT2D eigenvalue weighted by Gasteiger charge is -2.15. The minimum atomic E-state index is -3.78. The molecule has 0 bridgehead atoms. The van der Waals surface area contributed by atoms with Crippen LogP contribution in [0.25, 0.3) is 0 Å². The molecule has 0 aliphatic rings. The van der Waals surface area contributed by atoms with E-state index in [0.29, 0.717) is 4.88 Å². The number of likely N-dealkylation sites (N-methyl/N-ethyl adjacent to an activating group) is 1. The summed E-state index contributed by atoms with van der Waals surface area (Å²) in [5.74, 6) is -0.393. The summed E-state index contributed by atoms with van der Waals surface area (Å²) in [4.78, 5) is 13.7. The van der Waals surface area contributed by atoms with Gasteiger partial charge in [0.15, 0.2) is 0 Å². The third kappa shape index (κ3) is 5.78. The molecule has 0 saturated heterocycles. The van der Waals surface area contributed by atoms with Gasteiger partial charge in [0.25, 0.3) is 9.05 Å². The van der Waals surface area contributed by atoms with Crippen molar-refractivity contribution in [2.45, 2.75) is 10.6 Å². The summed E-state index contributed by atoms with van der Waals surface area (Å²) in [6.07, 6.45) is 1.11. The number of hydrogen-bond donors (Lipinski definition) is 0. The van der Waals surface area contributed by atoms with Gasteiger partial charge in [0.2, 0.25) is 5.91 Å². The Kier molecular flexibility index (Phi) is 5.59. The molecule has 1 rings (SSSR count). The van der Waals surface area contributed by atoms with Crippen LogP contribution in [0.1, 0.15) is 4.88 Å². The van der Waals surface area contributed by atoms with Gasteiger partial charge in [-0.05, 0) is 12.1 Å². The Labute approximate surface area is 126 Å². The molecule has 0 saturated carbocycles. The third-order valence-electron chi connectivity index (χ3n) is 2.43. The summed E-state index contributed by atoms with van der Waals surface area (Å²) in [6.45, 7) is 0.101. The molecule has 0 fully saturated rings. The van der Waals surface area contributed by atoms with E-state index in [9.17, 15) is 21.6 Å². The van der Waals surface area contributed by atoms with Gasteiger partial charge in [-0.1, -0.05) is 0 Å². The highest BCUT2D eigenvalue weighted by Crippen LogP contribution is 2.25. The van der Waals surface area contributed by atoms with Crippen molar-refractivity contribution in [1.29, 1.82) is 0 Å². The lowest BCUT2D eigenvalue weighted by Crippen LogP contribution is -2.32. The second-order valence-electron chi connectivity index (χ2n) is 4.28. The first kappa shape index (κ1) is 17.4. The highest BCUT2D eigenvalue weighted by molar-refractivity contribution is 8.15. The third-order valence-corrected chi connectivity index (χ3v) is 6.53. The van der Waals surface area contributed by atoms with Gasteiger partial charge in [0.1, 0.15) is 14.0 Å². The average Bonchev–Trinajstić information content (AvgIpc) is 2.72. The summed E-state index contributed by atoms with van der Waals surface area (Å²) in [6, 6.07) is 2.86. The van der Waals surface area contributed by atoms with Crippen molar-refractivity contribution in [3.63, 3.8) is 0 Å². The number of hydrogen-bond acceptors (Lipinski definition) is 6. The average molecular weight is 360 g/mol. The molecule has 0 spiro atoms. The van der Waals surface area contributed by atoms with Crippen LogP contribution >= 0.6 is 22.0 Å². The monoisotopic (exact) mass is 359 g/mol. The molecule has 20 heavy (non-hydrogen) atoms. The molecule has 114 valence electrons. The first-order valence-electron chi connectivity index (χ1n) is 5.44. The SMILES string of the molecule is CN(CCS(C)(=O)=O)C(=O)Cc1ccc(S(=O)(=O)Cl)s1. The van der Waals surface area contributed by atoms with E-state index in [1.165, 1.54) is 24.1 Å². The van der Waals surface area contributed by atoms with E-state index in [-0.39, 0.29) is 28.8 Å². The Bertz CT molecular complexity index is 692. The van der Waals surface area contributed by atoms with Crippen LogP contribution in [0.15, 0.2) is 16.3 Å². The number of carbonyl (C=O) groups is 1. The topological polar surface area (TPSA) is 88.6 Å². The molecule has 0 N–H and O–H groups in total. The highest BCUT2D eigenvalue weighted by atomic mass is 35.7. The van der Waals surface area contributed by atoms with Gasteiger partial charge in [-0.2, -0.15) is 0 Å². The minimum Gasteiger partial charge on any atom is -0.344 e. The van der Waals surface area contributed by atoms with Crippen molar-refractivity contribution in [3.05, 3.63) is 17.0 Å². The van der Waals surface area contributed by atoms with Crippen LogP contribution in [0, 0.1) is 0 Å². The summed E-state index contributed by atoms with van der Waals surface area (Å²) in [7, 11) is -0.218. The molecule has 0 aromatic carbocycles. The predicted molar refractivity (Wildman–Crippen MR) is 78.4 cm³/mol. The predicted octanol–water partition coefficient (Wildman–Crippen LogP) is 0.721. The molecule has 6 nitrogen and oxygen atoms in total. The van der Waals surface area contributed by atoms with Gasteiger partial charge in [-0.25, -0.2) is 16.8 Å². The first-order valence-corrected chi connectivity index (χ1v) is 10.6. The minimum absolute atomic E-state index is 0.0112. The van der Waals surface area contributed by atoms with E-state index >= 15 is 0 Å². The van der Waals surface area contributed by atoms with E-state index in [4.69, 9.17) is 10.7 Å². The van der Waals surface area contributed by atoms with Gasteiger partial charge in [-0.15, -0.1) is 11.3 Å². The summed E-state index contributed by atoms with van der Waals surface area (Å²) >= 11 is 0.924. The molecule has 10 heteroatoms. The Morgan fingerprint density at radius 1 is 1.30 bits per heavy atom. The maximum Gasteiger partial charge on any atom is 0.270 e. The van der Waals surface area contributed by atoms with Crippen LogP contribution in [0.3, 0.4) is 0 Å². The lowest BCUT2D eigenvalue weighted by molar-refractivity contribution is -0.128. The quantitative estimate of drug-likeness (QED) is 0.698. The second kappa shape index (κ2) is 6.42. The Balaban J connectivity index is 2.64. The van der Waals surface area contributed by atoms with Gasteiger partial charge in [-0.3, -0.25) is 4.79 Å². The fourth-order valence-corrected chi connectivity index (χ4v) is 4.02. The zero-order valence-electron chi connectivity index (χ0n) is 10.9. The lowest BCUT2D eigenvalue weighted by atomic mass is 10.3. The molecule has 0 aliphatic heterocycles. The van der Waals surface area contributed by atoms with Crippen LogP contribution < -0.4 is 0 Å². The Hall–Kier alpha value is -0.640. The molecule has 1 amide bonds. The highest BCUT2D eigenvalue weighted by Gasteiger charge is 2.17. The summed E-state index contributed by atoms with van der Waals surface area (Å²) in [5.41, 5.74) is 0. The smallest absolute Gasteiger partial charge is 0.270 e. The van der Waals surface area contributed by atoms with Crippen LogP contribution in [0.4, 0.5) is 0 Å². The number of rotatable bonds is 6. The van der Waals surface area contributed by atoms with E-state index in [2.05, 4.69) is 0 Å². The zero-order chi connectivity index (χ0) is 15.6. The fraction of sp³-hybridized carbons (Fsp3) is 0.500. The van der Waals surface area contributed by atoms with Crippen LogP contribution in [-0.4, -0.2) is 53.2 Å². The van der Waals surface area contributed by atoms with Crippen molar-refractivity contribution in [3.8, 4) is 0 Å². The van der Waals surface area contributed by atoms with Crippen molar-refractivity contribution in [2.75, 3.05) is 25.6 Å². The molecule has 0 atom stereocenters. The number of nitrogens with zero attached hydrogens (tertiary/aromatic N) is 1. The Morgan fingerprint density at radius 2 is 1.90 bits per heavy atom. The standard InChI is InChI=1S/C10H14ClNO5S3/c1-12(5-6-19(2,14)15)9(13)7-8-3-4-10(18-8)20(11,16)17/h3-4H,5-7H2,1-2H3. The zero-order valence-corrected chi connectivity index (χ0v) is 14.1. The Morgan fingerprint density at radius 3 is 2.35 bits per heavy atom. The number of halogens is 1. The van der Waals surface area contributed by atoms with E-state index < -0.39 is 18.9 Å². The fourth-order valence-electron chi connectivity index (χ4n) is 1.30. The molecule has 0 radical (unpaired) electrons. The molecular formula is C10H14ClNO5S3. The van der Waals surface area contributed by atoms with E-state index in [1.54, 1.807) is 0 Å². The number of sulfone groups is 1. The molecule has 0 aliphatic carbocycles. The van der Waals surface area contributed by atoms with Crippen molar-refractivity contribution >= 4 is 46.8 Å². The van der Waals surface area contributed by atoms with Crippen molar-refractivity contribution in [1.82, 2.24) is 4.90 Å². The van der Waals surface area contributed by atoms with Crippen LogP contribution in [0.5, 0.6) is 0 Å². The molecular weight excluding hydrogens is 346 g/mol. The van der Waals surface area contributed by atoms with Gasteiger partial charge in [0, 0.05) is 35.4 Å². The van der Waals surface area contributed by atoms with E-state index in [0.717, 1.165) is 17.6 Å². The van der Waals surface area contributed by atoms with Crippen LogP contribution in [0.2, 0.25) is 0 Å². The molecule has 1 aromatic rings. The van der Waals surface area contributed by atoms with E-state index in [1.807, 2.05) is 0 Å². The van der Waals surface area contributed by atoms with Crippen LogP contribution in [-0.2, 0) is 30.1 Å². The number of thiophene rings is 1. The van der Waals surface area contributed by atoms with Gasteiger partial charge < -0.3 is 4.90 Å². The van der Waals surface area contributed by atoms with Gasteiger partial charge in [0.05, 0.1) is 12.2 Å². The molecule has 1 heterocycles. The first-order chi connectivity index (χ1) is 8.99. The normalized spacial score (nSPS) is 12.3. The van der Waals surface area contributed by atoms with Crippen molar-refractivity contribution in [2.24, 2.45) is 0 Å². The molecule has 1 aromatic heterocycles. The maximum absolute atomic E-state index is 11.8. The number of carbonyl (C=O) groups excluding carboxylic acids is 1. The second-order valence-corrected chi connectivity index (χ2v) is 10.5. The maximum atomic E-state index is 11.8. The molecule has 0 unspecified atom stereocenters. The van der Waals surface area contributed by atoms with Gasteiger partial charge >= 0.3 is 0 Å². The largest absolute Gasteiger partial charge is 0.344 e. The summed E-state index contributed by atoms with van der Waals surface area (Å²) in [5, 5.41) is 0. The summed E-state index contributed by atoms with van der Waals surface area (Å²) < 4.78 is 44.2.